The van der Waals surface area contributed by atoms with Gasteiger partial charge in [0, 0.05) is 17.6 Å². The number of thiocarbonyl (C=S) groups is 1. The van der Waals surface area contributed by atoms with Crippen LogP contribution in [0, 0.1) is 0 Å². The highest BCUT2D eigenvalue weighted by molar-refractivity contribution is 7.80. The predicted molar refractivity (Wildman–Crippen MR) is 142 cm³/mol. The van der Waals surface area contributed by atoms with E-state index in [0.29, 0.717) is 70.8 Å². The second-order valence-electron chi connectivity index (χ2n) is 7.89. The number of benzene rings is 2. The molecule has 0 spiro atoms. The Labute approximate surface area is 220 Å². The van der Waals surface area contributed by atoms with Crippen molar-refractivity contribution in [1.82, 2.24) is 10.2 Å². The summed E-state index contributed by atoms with van der Waals surface area (Å²) >= 11 is 11.3. The van der Waals surface area contributed by atoms with E-state index in [0.717, 1.165) is 5.56 Å². The topological polar surface area (TPSA) is 73.2 Å². The van der Waals surface area contributed by atoms with Gasteiger partial charge in [-0.1, -0.05) is 17.7 Å². The lowest BCUT2D eigenvalue weighted by atomic mass is 10.1. The van der Waals surface area contributed by atoms with Gasteiger partial charge < -0.3 is 23.9 Å². The second-order valence-corrected chi connectivity index (χ2v) is 8.71. The number of halogens is 1. The molecule has 2 heterocycles. The van der Waals surface area contributed by atoms with Crippen LogP contribution in [0.3, 0.4) is 0 Å². The summed E-state index contributed by atoms with van der Waals surface area (Å²) in [7, 11) is 0. The second kappa shape index (κ2) is 12.0. The maximum Gasteiger partial charge on any atom is 0.276 e. The fraction of sp³-hybridized carbons (Fsp3) is 0.259. The standard InChI is InChI=1S/C27H27ClN2O5S/c1-3-32-24-12-5-18(15-25(24)33-4-2)13-14-30-26(31)23(29-27(30)36)16-21-10-11-22(35-21)17-34-20-8-6-19(28)7-9-20/h5-12,15-16H,3-4,13-14,17H2,1-2H3,(H,29,36)/b23-16+. The van der Waals surface area contributed by atoms with Gasteiger partial charge in [0.25, 0.3) is 5.91 Å². The third kappa shape index (κ3) is 6.38. The van der Waals surface area contributed by atoms with Crippen molar-refractivity contribution in [2.75, 3.05) is 19.8 Å². The summed E-state index contributed by atoms with van der Waals surface area (Å²) in [6.45, 7) is 5.64. The summed E-state index contributed by atoms with van der Waals surface area (Å²) in [4.78, 5) is 14.5. The Hall–Kier alpha value is -3.49. The highest BCUT2D eigenvalue weighted by Crippen LogP contribution is 2.29. The number of hydrogen-bond donors (Lipinski definition) is 1. The molecule has 7 nitrogen and oxygen atoms in total. The lowest BCUT2D eigenvalue weighted by molar-refractivity contribution is -0.122. The number of hydrogen-bond acceptors (Lipinski definition) is 6. The minimum atomic E-state index is -0.202. The molecule has 0 radical (unpaired) electrons. The Kier molecular flexibility index (Phi) is 8.51. The van der Waals surface area contributed by atoms with Crippen molar-refractivity contribution in [3.8, 4) is 17.2 Å². The normalized spacial score (nSPS) is 14.3. The molecule has 9 heteroatoms. The molecule has 0 atom stereocenters. The number of carbonyl (C=O) groups excluding carboxylic acids is 1. The Morgan fingerprint density at radius 3 is 2.50 bits per heavy atom. The van der Waals surface area contributed by atoms with Crippen LogP contribution in [0.4, 0.5) is 0 Å². The van der Waals surface area contributed by atoms with Crippen LogP contribution in [0.2, 0.25) is 5.02 Å². The summed E-state index contributed by atoms with van der Waals surface area (Å²) in [5, 5.41) is 3.99. The average molecular weight is 527 g/mol. The van der Waals surface area contributed by atoms with E-state index in [-0.39, 0.29) is 12.5 Å². The Bertz CT molecular complexity index is 1260. The molecule has 1 aliphatic rings. The number of nitrogens with zero attached hydrogens (tertiary/aromatic N) is 1. The molecule has 1 aliphatic heterocycles. The van der Waals surface area contributed by atoms with Crippen LogP contribution in [0.5, 0.6) is 17.2 Å². The number of furan rings is 1. The monoisotopic (exact) mass is 526 g/mol. The van der Waals surface area contributed by atoms with Crippen molar-refractivity contribution in [1.29, 1.82) is 0 Å². The molecule has 0 aliphatic carbocycles. The van der Waals surface area contributed by atoms with Gasteiger partial charge in [-0.25, -0.2) is 0 Å². The van der Waals surface area contributed by atoms with Crippen molar-refractivity contribution in [3.05, 3.63) is 82.4 Å². The molecule has 4 rings (SSSR count). The number of amides is 1. The SMILES string of the molecule is CCOc1ccc(CCN2C(=O)/C(=C\c3ccc(COc4ccc(Cl)cc4)o3)NC2=S)cc1OCC. The molecule has 188 valence electrons. The first kappa shape index (κ1) is 25.6. The third-order valence-corrected chi connectivity index (χ3v) is 5.93. The number of nitrogens with one attached hydrogen (secondary N) is 1. The van der Waals surface area contributed by atoms with Gasteiger partial charge in [-0.2, -0.15) is 0 Å². The molecule has 1 fully saturated rings. The van der Waals surface area contributed by atoms with Gasteiger partial charge in [-0.05, 0) is 86.6 Å². The zero-order chi connectivity index (χ0) is 25.5. The van der Waals surface area contributed by atoms with Crippen molar-refractivity contribution in [3.63, 3.8) is 0 Å². The van der Waals surface area contributed by atoms with E-state index >= 15 is 0 Å². The summed E-state index contributed by atoms with van der Waals surface area (Å²) in [5.41, 5.74) is 1.38. The lowest BCUT2D eigenvalue weighted by Gasteiger charge is -2.15. The Balaban J connectivity index is 1.36. The Morgan fingerprint density at radius 2 is 1.75 bits per heavy atom. The minimum Gasteiger partial charge on any atom is -0.490 e. The van der Waals surface area contributed by atoms with Gasteiger partial charge >= 0.3 is 0 Å². The van der Waals surface area contributed by atoms with Crippen LogP contribution in [-0.4, -0.2) is 35.7 Å². The van der Waals surface area contributed by atoms with Crippen molar-refractivity contribution >= 4 is 40.9 Å². The van der Waals surface area contributed by atoms with Crippen LogP contribution in [0.1, 0.15) is 30.9 Å². The molecule has 0 unspecified atom stereocenters. The lowest BCUT2D eigenvalue weighted by Crippen LogP contribution is -2.32. The average Bonchev–Trinajstić information content (AvgIpc) is 3.42. The number of carbonyl (C=O) groups is 1. The first-order chi connectivity index (χ1) is 17.5. The smallest absolute Gasteiger partial charge is 0.276 e. The number of ether oxygens (including phenoxy) is 3. The molecule has 1 N–H and O–H groups in total. The first-order valence-corrected chi connectivity index (χ1v) is 12.5. The summed E-state index contributed by atoms with van der Waals surface area (Å²) < 4.78 is 22.8. The zero-order valence-corrected chi connectivity index (χ0v) is 21.7. The molecule has 0 saturated carbocycles. The summed E-state index contributed by atoms with van der Waals surface area (Å²) in [6, 6.07) is 16.5. The van der Waals surface area contributed by atoms with Gasteiger partial charge in [-0.15, -0.1) is 0 Å². The fourth-order valence-electron chi connectivity index (χ4n) is 3.64. The summed E-state index contributed by atoms with van der Waals surface area (Å²) in [5.74, 6) is 3.04. The van der Waals surface area contributed by atoms with Crippen LogP contribution in [0.15, 0.2) is 64.7 Å². The molecule has 1 saturated heterocycles. The van der Waals surface area contributed by atoms with E-state index in [2.05, 4.69) is 5.32 Å². The van der Waals surface area contributed by atoms with E-state index in [1.807, 2.05) is 32.0 Å². The zero-order valence-electron chi connectivity index (χ0n) is 20.1. The predicted octanol–water partition coefficient (Wildman–Crippen LogP) is 5.61. The maximum atomic E-state index is 13.0. The van der Waals surface area contributed by atoms with E-state index in [1.54, 1.807) is 47.4 Å². The van der Waals surface area contributed by atoms with Crippen LogP contribution in [0.25, 0.3) is 6.08 Å². The van der Waals surface area contributed by atoms with Crippen molar-refractivity contribution in [2.45, 2.75) is 26.9 Å². The number of rotatable bonds is 11. The molecule has 1 amide bonds. The van der Waals surface area contributed by atoms with E-state index in [4.69, 9.17) is 42.4 Å². The van der Waals surface area contributed by atoms with E-state index in [9.17, 15) is 4.79 Å². The van der Waals surface area contributed by atoms with Crippen LogP contribution in [-0.2, 0) is 17.8 Å². The fourth-order valence-corrected chi connectivity index (χ4v) is 4.05. The molecular formula is C27H27ClN2O5S. The van der Waals surface area contributed by atoms with Gasteiger partial charge in [0.2, 0.25) is 0 Å². The van der Waals surface area contributed by atoms with Crippen LogP contribution < -0.4 is 19.5 Å². The molecule has 1 aromatic heterocycles. The van der Waals surface area contributed by atoms with E-state index in [1.165, 1.54) is 0 Å². The molecule has 36 heavy (non-hydrogen) atoms. The maximum absolute atomic E-state index is 13.0. The quantitative estimate of drug-likeness (QED) is 0.257. The summed E-state index contributed by atoms with van der Waals surface area (Å²) in [6.07, 6.45) is 2.25. The molecule has 3 aromatic rings. The molecule has 0 bridgehead atoms. The van der Waals surface area contributed by atoms with Gasteiger partial charge in [0.05, 0.1) is 13.2 Å². The van der Waals surface area contributed by atoms with E-state index < -0.39 is 0 Å². The van der Waals surface area contributed by atoms with Crippen molar-refractivity contribution in [2.24, 2.45) is 0 Å². The third-order valence-electron chi connectivity index (χ3n) is 5.36. The highest BCUT2D eigenvalue weighted by Gasteiger charge is 2.30. The van der Waals surface area contributed by atoms with Gasteiger partial charge in [0.15, 0.2) is 16.6 Å². The molecule has 2 aromatic carbocycles. The minimum absolute atomic E-state index is 0.202. The van der Waals surface area contributed by atoms with Gasteiger partial charge in [0.1, 0.15) is 29.6 Å². The first-order valence-electron chi connectivity index (χ1n) is 11.7. The van der Waals surface area contributed by atoms with Crippen LogP contribution >= 0.6 is 23.8 Å². The molecular weight excluding hydrogens is 500 g/mol. The van der Waals surface area contributed by atoms with Gasteiger partial charge in [-0.3, -0.25) is 9.69 Å². The van der Waals surface area contributed by atoms with Crippen molar-refractivity contribution < 1.29 is 23.4 Å². The highest BCUT2D eigenvalue weighted by atomic mass is 35.5. The largest absolute Gasteiger partial charge is 0.490 e. The Morgan fingerprint density at radius 1 is 1.00 bits per heavy atom.